The Balaban J connectivity index is 2.22. The van der Waals surface area contributed by atoms with E-state index in [1.54, 1.807) is 14.2 Å². The molecule has 6 nitrogen and oxygen atoms in total. The Hall–Kier alpha value is -1.86. The molecule has 0 aromatic heterocycles. The minimum absolute atomic E-state index is 0.0229. The van der Waals surface area contributed by atoms with Gasteiger partial charge in [-0.25, -0.2) is 0 Å². The van der Waals surface area contributed by atoms with Crippen LogP contribution in [0.1, 0.15) is 18.4 Å². The molecule has 1 heterocycles. The number of likely N-dealkylation sites (tertiary alicyclic amines) is 1. The summed E-state index contributed by atoms with van der Waals surface area (Å²) in [6.45, 7) is 5.05. The van der Waals surface area contributed by atoms with E-state index in [-0.39, 0.29) is 17.7 Å². The van der Waals surface area contributed by atoms with E-state index < -0.39 is 0 Å². The summed E-state index contributed by atoms with van der Waals surface area (Å²) in [6.07, 6.45) is 0. The molecule has 1 aliphatic heterocycles. The molecule has 0 bridgehead atoms. The summed E-state index contributed by atoms with van der Waals surface area (Å²) < 4.78 is 10.5. The van der Waals surface area contributed by atoms with Crippen molar-refractivity contribution >= 4 is 23.2 Å². The summed E-state index contributed by atoms with van der Waals surface area (Å²) in [6, 6.07) is 7.87. The van der Waals surface area contributed by atoms with Crippen LogP contribution in [0.2, 0.25) is 0 Å². The first kappa shape index (κ1) is 19.5. The number of benzene rings is 1. The van der Waals surface area contributed by atoms with Gasteiger partial charge in [0.05, 0.1) is 19.6 Å². The zero-order valence-electron chi connectivity index (χ0n) is 15.1. The first-order chi connectivity index (χ1) is 12.1. The van der Waals surface area contributed by atoms with Crippen LogP contribution >= 0.6 is 12.2 Å². The Morgan fingerprint density at radius 3 is 2.72 bits per heavy atom. The topological polar surface area (TPSA) is 62.8 Å². The Morgan fingerprint density at radius 2 is 2.04 bits per heavy atom. The van der Waals surface area contributed by atoms with Gasteiger partial charge in [-0.1, -0.05) is 18.2 Å². The van der Waals surface area contributed by atoms with Crippen LogP contribution in [-0.4, -0.2) is 62.9 Å². The fourth-order valence-corrected chi connectivity index (χ4v) is 3.49. The largest absolute Gasteiger partial charge is 0.496 e. The Morgan fingerprint density at radius 1 is 1.28 bits per heavy atom. The zero-order chi connectivity index (χ0) is 18.2. The predicted molar refractivity (Wildman–Crippen MR) is 102 cm³/mol. The van der Waals surface area contributed by atoms with E-state index in [2.05, 4.69) is 15.5 Å². The molecule has 1 aromatic carbocycles. The van der Waals surface area contributed by atoms with Gasteiger partial charge in [-0.05, 0) is 30.8 Å². The molecule has 2 rings (SSSR count). The fourth-order valence-electron chi connectivity index (χ4n) is 3.19. The highest BCUT2D eigenvalue weighted by Crippen LogP contribution is 2.37. The van der Waals surface area contributed by atoms with Gasteiger partial charge >= 0.3 is 0 Å². The minimum atomic E-state index is -0.190. The number of para-hydroxylation sites is 1. The molecule has 25 heavy (non-hydrogen) atoms. The van der Waals surface area contributed by atoms with Gasteiger partial charge in [0.15, 0.2) is 5.11 Å². The van der Waals surface area contributed by atoms with E-state index in [0.29, 0.717) is 31.4 Å². The third kappa shape index (κ3) is 4.83. The summed E-state index contributed by atoms with van der Waals surface area (Å²) >= 11 is 5.45. The molecule has 1 aromatic rings. The van der Waals surface area contributed by atoms with Gasteiger partial charge < -0.3 is 25.0 Å². The first-order valence-electron chi connectivity index (χ1n) is 8.54. The Labute approximate surface area is 154 Å². The van der Waals surface area contributed by atoms with Crippen molar-refractivity contribution in [1.29, 1.82) is 0 Å². The molecular weight excluding hydrogens is 338 g/mol. The third-order valence-corrected chi connectivity index (χ3v) is 4.82. The number of rotatable bonds is 7. The number of carbonyl (C=O) groups excluding carboxylic acids is 1. The maximum Gasteiger partial charge on any atom is 0.225 e. The summed E-state index contributed by atoms with van der Waals surface area (Å²) in [5.74, 6) is 0.660. The van der Waals surface area contributed by atoms with E-state index in [9.17, 15) is 4.79 Å². The van der Waals surface area contributed by atoms with Crippen LogP contribution < -0.4 is 15.4 Å². The second kappa shape index (κ2) is 9.58. The molecule has 0 aliphatic carbocycles. The van der Waals surface area contributed by atoms with Crippen molar-refractivity contribution < 1.29 is 14.3 Å². The molecule has 0 unspecified atom stereocenters. The smallest absolute Gasteiger partial charge is 0.225 e. The quantitative estimate of drug-likeness (QED) is 0.562. The molecule has 0 spiro atoms. The number of hydrogen-bond acceptors (Lipinski definition) is 4. The number of nitrogens with one attached hydrogen (secondary N) is 2. The van der Waals surface area contributed by atoms with Crippen molar-refractivity contribution in [3.8, 4) is 5.75 Å². The highest BCUT2D eigenvalue weighted by atomic mass is 32.1. The monoisotopic (exact) mass is 365 g/mol. The van der Waals surface area contributed by atoms with Crippen molar-refractivity contribution in [1.82, 2.24) is 15.5 Å². The summed E-state index contributed by atoms with van der Waals surface area (Å²) in [5, 5.41) is 6.82. The van der Waals surface area contributed by atoms with Crippen LogP contribution in [-0.2, 0) is 9.53 Å². The number of methoxy groups -OCH3 is 2. The fraction of sp³-hybridized carbons (Fsp3) is 0.556. The molecule has 1 amide bonds. The molecule has 2 N–H and O–H groups in total. The maximum atomic E-state index is 12.7. The van der Waals surface area contributed by atoms with E-state index in [0.717, 1.165) is 17.9 Å². The Kier molecular flexibility index (Phi) is 7.46. The highest BCUT2D eigenvalue weighted by molar-refractivity contribution is 7.80. The van der Waals surface area contributed by atoms with Crippen LogP contribution in [0.25, 0.3) is 0 Å². The molecule has 2 atom stereocenters. The average molecular weight is 365 g/mol. The van der Waals surface area contributed by atoms with Gasteiger partial charge in [-0.2, -0.15) is 0 Å². The average Bonchev–Trinajstić information content (AvgIpc) is 3.07. The predicted octanol–water partition coefficient (Wildman–Crippen LogP) is 1.37. The van der Waals surface area contributed by atoms with Crippen LogP contribution in [0.15, 0.2) is 24.3 Å². The standard InChI is InChI=1S/C18H27N3O3S/c1-4-19-18(25)21-11-14(13-7-5-6-8-16(13)24-3)15(12-21)17(22)20-9-10-23-2/h5-8,14-15H,4,9-12H2,1-3H3,(H,19,25)(H,20,22)/t14-,15+/m0/s1. The maximum absolute atomic E-state index is 12.7. The molecule has 0 radical (unpaired) electrons. The number of carbonyl (C=O) groups is 1. The molecule has 1 fully saturated rings. The van der Waals surface area contributed by atoms with Crippen LogP contribution in [0.4, 0.5) is 0 Å². The van der Waals surface area contributed by atoms with Crippen molar-refractivity contribution in [3.63, 3.8) is 0 Å². The molecule has 1 saturated heterocycles. The highest BCUT2D eigenvalue weighted by Gasteiger charge is 2.40. The van der Waals surface area contributed by atoms with Crippen LogP contribution in [0.5, 0.6) is 5.75 Å². The molecule has 0 saturated carbocycles. The SMILES string of the molecule is CCNC(=S)N1C[C@@H](C(=O)NCCOC)[C@H](c2ccccc2OC)C1. The lowest BCUT2D eigenvalue weighted by molar-refractivity contribution is -0.125. The van der Waals surface area contributed by atoms with Gasteiger partial charge in [-0.15, -0.1) is 0 Å². The van der Waals surface area contributed by atoms with Crippen molar-refractivity contribution in [2.75, 3.05) is 47.0 Å². The number of thiocarbonyl (C=S) groups is 1. The number of ether oxygens (including phenoxy) is 2. The summed E-state index contributed by atoms with van der Waals surface area (Å²) in [5.41, 5.74) is 1.04. The van der Waals surface area contributed by atoms with Crippen molar-refractivity contribution in [2.24, 2.45) is 5.92 Å². The van der Waals surface area contributed by atoms with E-state index in [4.69, 9.17) is 21.7 Å². The van der Waals surface area contributed by atoms with E-state index >= 15 is 0 Å². The van der Waals surface area contributed by atoms with Crippen LogP contribution in [0.3, 0.4) is 0 Å². The molecule has 138 valence electrons. The Bertz CT molecular complexity index is 597. The zero-order valence-corrected chi connectivity index (χ0v) is 15.9. The third-order valence-electron chi connectivity index (χ3n) is 4.42. The van der Waals surface area contributed by atoms with Gasteiger partial charge in [-0.3, -0.25) is 4.79 Å². The first-order valence-corrected chi connectivity index (χ1v) is 8.95. The molecule has 1 aliphatic rings. The second-order valence-electron chi connectivity index (χ2n) is 5.98. The van der Waals surface area contributed by atoms with Crippen molar-refractivity contribution in [3.05, 3.63) is 29.8 Å². The van der Waals surface area contributed by atoms with Gasteiger partial charge in [0.1, 0.15) is 5.75 Å². The number of hydrogen-bond donors (Lipinski definition) is 2. The minimum Gasteiger partial charge on any atom is -0.496 e. The number of nitrogens with zero attached hydrogens (tertiary/aromatic N) is 1. The van der Waals surface area contributed by atoms with Gasteiger partial charge in [0.2, 0.25) is 5.91 Å². The summed E-state index contributed by atoms with van der Waals surface area (Å²) in [4.78, 5) is 14.8. The van der Waals surface area contributed by atoms with Gasteiger partial charge in [0.25, 0.3) is 0 Å². The van der Waals surface area contributed by atoms with Crippen molar-refractivity contribution in [2.45, 2.75) is 12.8 Å². The van der Waals surface area contributed by atoms with Crippen LogP contribution in [0, 0.1) is 5.92 Å². The molecule has 7 heteroatoms. The second-order valence-corrected chi connectivity index (χ2v) is 6.37. The lowest BCUT2D eigenvalue weighted by atomic mass is 9.87. The summed E-state index contributed by atoms with van der Waals surface area (Å²) in [7, 11) is 3.28. The number of amides is 1. The van der Waals surface area contributed by atoms with Gasteiger partial charge in [0, 0.05) is 39.2 Å². The molecular formula is C18H27N3O3S. The van der Waals surface area contributed by atoms with E-state index in [1.807, 2.05) is 31.2 Å². The normalized spacial score (nSPS) is 19.6. The lowest BCUT2D eigenvalue weighted by Gasteiger charge is -2.20. The van der Waals surface area contributed by atoms with E-state index in [1.165, 1.54) is 0 Å². The lowest BCUT2D eigenvalue weighted by Crippen LogP contribution is -2.40.